The minimum atomic E-state index is -0.211. The van der Waals surface area contributed by atoms with Crippen molar-refractivity contribution in [1.29, 1.82) is 0 Å². The van der Waals surface area contributed by atoms with Crippen molar-refractivity contribution >= 4 is 41.1 Å². The van der Waals surface area contributed by atoms with E-state index in [-0.39, 0.29) is 11.8 Å². The third-order valence-corrected chi connectivity index (χ3v) is 4.71. The van der Waals surface area contributed by atoms with Gasteiger partial charge >= 0.3 is 0 Å². The Balaban J connectivity index is 1.58. The number of nitrogens with one attached hydrogen (secondary N) is 4. The Morgan fingerprint density at radius 2 is 1.59 bits per heavy atom. The van der Waals surface area contributed by atoms with Crippen LogP contribution in [-0.4, -0.2) is 52.9 Å². The molecule has 0 saturated heterocycles. The number of rotatable bonds is 11. The van der Waals surface area contributed by atoms with E-state index in [1.807, 2.05) is 30.3 Å². The van der Waals surface area contributed by atoms with Gasteiger partial charge in [-0.3, -0.25) is 14.6 Å². The molecule has 3 aromatic rings. The predicted octanol–water partition coefficient (Wildman–Crippen LogP) is 2.98. The van der Waals surface area contributed by atoms with Crippen LogP contribution in [0.25, 0.3) is 17.5 Å². The predicted molar refractivity (Wildman–Crippen MR) is 134 cm³/mol. The van der Waals surface area contributed by atoms with Crippen LogP contribution < -0.4 is 21.3 Å². The molecule has 2 heterocycles. The third-order valence-electron chi connectivity index (χ3n) is 4.46. The van der Waals surface area contributed by atoms with Crippen molar-refractivity contribution in [2.45, 2.75) is 6.92 Å². The van der Waals surface area contributed by atoms with E-state index >= 15 is 0 Å². The molecule has 34 heavy (non-hydrogen) atoms. The van der Waals surface area contributed by atoms with Gasteiger partial charge in [-0.1, -0.05) is 17.7 Å². The molecule has 0 radical (unpaired) electrons. The lowest BCUT2D eigenvalue weighted by Crippen LogP contribution is -2.27. The molecule has 3 rings (SSSR count). The lowest BCUT2D eigenvalue weighted by Gasteiger charge is -2.12. The number of halogens is 1. The summed E-state index contributed by atoms with van der Waals surface area (Å²) in [7, 11) is 0. The Bertz CT molecular complexity index is 1120. The first-order valence-corrected chi connectivity index (χ1v) is 11.1. The second kappa shape index (κ2) is 12.9. The van der Waals surface area contributed by atoms with Crippen LogP contribution in [0, 0.1) is 0 Å². The van der Waals surface area contributed by atoms with Crippen LogP contribution in [-0.2, 0) is 9.59 Å². The molecule has 2 amide bonds. The number of pyridine rings is 1. The summed E-state index contributed by atoms with van der Waals surface area (Å²) in [6.07, 6.45) is 4.78. The van der Waals surface area contributed by atoms with E-state index in [0.717, 1.165) is 5.56 Å². The molecule has 0 saturated carbocycles. The van der Waals surface area contributed by atoms with E-state index < -0.39 is 0 Å². The first kappa shape index (κ1) is 24.7. The number of amides is 2. The van der Waals surface area contributed by atoms with Gasteiger partial charge in [-0.2, -0.15) is 0 Å². The van der Waals surface area contributed by atoms with Crippen LogP contribution in [0.15, 0.2) is 60.8 Å². The van der Waals surface area contributed by atoms with Gasteiger partial charge in [0.05, 0.1) is 5.69 Å². The summed E-state index contributed by atoms with van der Waals surface area (Å²) in [6, 6.07) is 14.5. The number of carbonyl (C=O) groups excluding carboxylic acids is 2. The Hall–Kier alpha value is -3.98. The largest absolute Gasteiger partial charge is 0.368 e. The molecule has 176 valence electrons. The van der Waals surface area contributed by atoms with Gasteiger partial charge in [0.1, 0.15) is 11.6 Å². The standard InChI is InChI=1S/C24H26ClN7O2/c1-17(33)26-12-13-28-21-16-22(32-24(31-21)18-5-7-19(25)8-6-18)29-14-15-30-23(34)10-9-20-4-2-3-11-27-20/h2-11,16H,12-15H2,1H3,(H,26,33)(H,30,34)(H2,28,29,31,32). The van der Waals surface area contributed by atoms with Crippen LogP contribution in [0.2, 0.25) is 5.02 Å². The zero-order valence-corrected chi connectivity index (χ0v) is 19.5. The summed E-state index contributed by atoms with van der Waals surface area (Å²) in [6.45, 7) is 3.31. The minimum absolute atomic E-state index is 0.0920. The van der Waals surface area contributed by atoms with Gasteiger partial charge in [0.15, 0.2) is 5.82 Å². The maximum absolute atomic E-state index is 12.0. The van der Waals surface area contributed by atoms with Crippen LogP contribution in [0.4, 0.5) is 11.6 Å². The van der Waals surface area contributed by atoms with E-state index in [4.69, 9.17) is 11.6 Å². The molecule has 0 aliphatic carbocycles. The van der Waals surface area contributed by atoms with Gasteiger partial charge in [0, 0.05) is 62.0 Å². The molecule has 0 aliphatic heterocycles. The third kappa shape index (κ3) is 8.51. The monoisotopic (exact) mass is 479 g/mol. The maximum Gasteiger partial charge on any atom is 0.244 e. The number of anilines is 2. The van der Waals surface area contributed by atoms with Crippen molar-refractivity contribution in [3.05, 3.63) is 71.5 Å². The minimum Gasteiger partial charge on any atom is -0.368 e. The van der Waals surface area contributed by atoms with E-state index in [9.17, 15) is 9.59 Å². The van der Waals surface area contributed by atoms with Crippen molar-refractivity contribution in [3.63, 3.8) is 0 Å². The molecule has 1 aromatic carbocycles. The second-order valence-electron chi connectivity index (χ2n) is 7.18. The highest BCUT2D eigenvalue weighted by Gasteiger charge is 2.08. The molecule has 0 unspecified atom stereocenters. The zero-order chi connectivity index (χ0) is 24.2. The molecule has 9 nitrogen and oxygen atoms in total. The molecule has 10 heteroatoms. The molecule has 0 aliphatic rings. The van der Waals surface area contributed by atoms with Gasteiger partial charge in [-0.25, -0.2) is 9.97 Å². The number of benzene rings is 1. The summed E-state index contributed by atoms with van der Waals surface area (Å²) in [5.74, 6) is 1.42. The van der Waals surface area contributed by atoms with Crippen molar-refractivity contribution in [2.75, 3.05) is 36.8 Å². The lowest BCUT2D eigenvalue weighted by atomic mass is 10.2. The topological polar surface area (TPSA) is 121 Å². The highest BCUT2D eigenvalue weighted by Crippen LogP contribution is 2.22. The Kier molecular flexibility index (Phi) is 9.36. The SMILES string of the molecule is CC(=O)NCCNc1cc(NCCNC(=O)C=Cc2ccccn2)nc(-c2ccc(Cl)cc2)n1. The van der Waals surface area contributed by atoms with Gasteiger partial charge in [0.25, 0.3) is 0 Å². The average Bonchev–Trinajstić information content (AvgIpc) is 2.84. The van der Waals surface area contributed by atoms with Crippen LogP contribution in [0.1, 0.15) is 12.6 Å². The molecule has 0 spiro atoms. The maximum atomic E-state index is 12.0. The van der Waals surface area contributed by atoms with Crippen LogP contribution in [0.3, 0.4) is 0 Å². The average molecular weight is 480 g/mol. The summed E-state index contributed by atoms with van der Waals surface area (Å²) >= 11 is 6.00. The highest BCUT2D eigenvalue weighted by atomic mass is 35.5. The molecular formula is C24H26ClN7O2. The second-order valence-corrected chi connectivity index (χ2v) is 7.62. The number of carbonyl (C=O) groups is 2. The quantitative estimate of drug-likeness (QED) is 0.246. The van der Waals surface area contributed by atoms with Crippen molar-refractivity contribution in [1.82, 2.24) is 25.6 Å². The Morgan fingerprint density at radius 3 is 2.21 bits per heavy atom. The fourth-order valence-electron chi connectivity index (χ4n) is 2.86. The lowest BCUT2D eigenvalue weighted by molar-refractivity contribution is -0.119. The molecule has 0 fully saturated rings. The van der Waals surface area contributed by atoms with Gasteiger partial charge in [0.2, 0.25) is 11.8 Å². The molecule has 0 atom stereocenters. The van der Waals surface area contributed by atoms with Gasteiger partial charge in [-0.15, -0.1) is 0 Å². The first-order valence-electron chi connectivity index (χ1n) is 10.7. The Labute approximate surface area is 203 Å². The van der Waals surface area contributed by atoms with Gasteiger partial charge < -0.3 is 21.3 Å². The zero-order valence-electron chi connectivity index (χ0n) is 18.7. The molecule has 0 bridgehead atoms. The fraction of sp³-hybridized carbons (Fsp3) is 0.208. The van der Waals surface area contributed by atoms with E-state index in [1.54, 1.807) is 30.5 Å². The smallest absolute Gasteiger partial charge is 0.244 e. The summed E-state index contributed by atoms with van der Waals surface area (Å²) in [4.78, 5) is 36.3. The Morgan fingerprint density at radius 1 is 0.912 bits per heavy atom. The summed E-state index contributed by atoms with van der Waals surface area (Å²) < 4.78 is 0. The molecule has 2 aromatic heterocycles. The summed E-state index contributed by atoms with van der Waals surface area (Å²) in [5, 5.41) is 12.6. The number of nitrogens with zero attached hydrogens (tertiary/aromatic N) is 3. The summed E-state index contributed by atoms with van der Waals surface area (Å²) in [5.41, 5.74) is 1.52. The molecular weight excluding hydrogens is 454 g/mol. The number of aromatic nitrogens is 3. The van der Waals surface area contributed by atoms with Crippen LogP contribution >= 0.6 is 11.6 Å². The normalized spacial score (nSPS) is 10.6. The molecule has 4 N–H and O–H groups in total. The van der Waals surface area contributed by atoms with Gasteiger partial charge in [-0.05, 0) is 42.5 Å². The first-order chi connectivity index (χ1) is 16.5. The number of hydrogen-bond donors (Lipinski definition) is 4. The van der Waals surface area contributed by atoms with E-state index in [1.165, 1.54) is 13.0 Å². The van der Waals surface area contributed by atoms with Crippen LogP contribution in [0.5, 0.6) is 0 Å². The van der Waals surface area contributed by atoms with Crippen molar-refractivity contribution in [3.8, 4) is 11.4 Å². The van der Waals surface area contributed by atoms with E-state index in [2.05, 4.69) is 36.2 Å². The fourth-order valence-corrected chi connectivity index (χ4v) is 2.98. The highest BCUT2D eigenvalue weighted by molar-refractivity contribution is 6.30. The van der Waals surface area contributed by atoms with Crippen molar-refractivity contribution < 1.29 is 9.59 Å². The van der Waals surface area contributed by atoms with Crippen molar-refractivity contribution in [2.24, 2.45) is 0 Å². The number of hydrogen-bond acceptors (Lipinski definition) is 7. The van der Waals surface area contributed by atoms with E-state index in [0.29, 0.717) is 54.4 Å².